The van der Waals surface area contributed by atoms with Crippen molar-refractivity contribution in [1.29, 1.82) is 0 Å². The van der Waals surface area contributed by atoms with Gasteiger partial charge in [-0.1, -0.05) is 20.3 Å². The molecule has 0 bridgehead atoms. The van der Waals surface area contributed by atoms with Crippen LogP contribution in [-0.4, -0.2) is 18.4 Å². The van der Waals surface area contributed by atoms with E-state index in [4.69, 9.17) is 4.74 Å². The third kappa shape index (κ3) is 9.44. The van der Waals surface area contributed by atoms with Crippen molar-refractivity contribution < 1.29 is 14.3 Å². The first-order valence-electron chi connectivity index (χ1n) is 5.88. The molecule has 0 amide bonds. The zero-order valence-corrected chi connectivity index (χ0v) is 9.88. The van der Waals surface area contributed by atoms with Gasteiger partial charge >= 0.3 is 5.97 Å². The van der Waals surface area contributed by atoms with Gasteiger partial charge in [0.15, 0.2) is 0 Å². The molecular formula is C12H22O3. The van der Waals surface area contributed by atoms with E-state index in [0.29, 0.717) is 31.7 Å². The topological polar surface area (TPSA) is 43.4 Å². The van der Waals surface area contributed by atoms with Crippen molar-refractivity contribution in [3.05, 3.63) is 0 Å². The van der Waals surface area contributed by atoms with Gasteiger partial charge in [-0.25, -0.2) is 0 Å². The van der Waals surface area contributed by atoms with Crippen LogP contribution in [0.3, 0.4) is 0 Å². The fraction of sp³-hybridized carbons (Fsp3) is 0.833. The molecule has 0 aliphatic rings. The number of Topliss-reactive ketones (excluding diaryl/α,β-unsaturated/α-hetero) is 1. The molecule has 88 valence electrons. The molecule has 0 aliphatic heterocycles. The van der Waals surface area contributed by atoms with Gasteiger partial charge in [0.2, 0.25) is 0 Å². The summed E-state index contributed by atoms with van der Waals surface area (Å²) in [6.45, 7) is 4.38. The molecule has 15 heavy (non-hydrogen) atoms. The minimum absolute atomic E-state index is 0.112. The lowest BCUT2D eigenvalue weighted by Gasteiger charge is -2.02. The van der Waals surface area contributed by atoms with Gasteiger partial charge in [-0.05, 0) is 19.3 Å². The standard InChI is InChI=1S/C12H22O3/c1-3-10-15-12(14)9-7-5-6-8-11(13)4-2/h3-10H2,1-2H3. The number of hydrogen-bond acceptors (Lipinski definition) is 3. The summed E-state index contributed by atoms with van der Waals surface area (Å²) >= 11 is 0. The number of carbonyl (C=O) groups is 2. The summed E-state index contributed by atoms with van der Waals surface area (Å²) in [5.41, 5.74) is 0. The Kier molecular flexibility index (Phi) is 9.13. The highest BCUT2D eigenvalue weighted by Crippen LogP contribution is 2.05. The van der Waals surface area contributed by atoms with E-state index >= 15 is 0 Å². The average Bonchev–Trinajstić information content (AvgIpc) is 2.25. The van der Waals surface area contributed by atoms with Gasteiger partial charge in [-0.2, -0.15) is 0 Å². The number of ketones is 1. The van der Waals surface area contributed by atoms with Gasteiger partial charge in [0.05, 0.1) is 6.61 Å². The van der Waals surface area contributed by atoms with Crippen LogP contribution in [0.1, 0.15) is 58.8 Å². The van der Waals surface area contributed by atoms with Gasteiger partial charge in [0.25, 0.3) is 0 Å². The summed E-state index contributed by atoms with van der Waals surface area (Å²) in [4.78, 5) is 22.0. The Hall–Kier alpha value is -0.860. The molecule has 0 saturated heterocycles. The van der Waals surface area contributed by atoms with Crippen LogP contribution in [0, 0.1) is 0 Å². The monoisotopic (exact) mass is 214 g/mol. The average molecular weight is 214 g/mol. The number of esters is 1. The highest BCUT2D eigenvalue weighted by Gasteiger charge is 2.02. The van der Waals surface area contributed by atoms with E-state index in [-0.39, 0.29) is 5.97 Å². The van der Waals surface area contributed by atoms with Crippen molar-refractivity contribution in [2.45, 2.75) is 58.8 Å². The second-order valence-corrected chi connectivity index (χ2v) is 3.67. The van der Waals surface area contributed by atoms with E-state index in [1.54, 1.807) is 0 Å². The van der Waals surface area contributed by atoms with E-state index in [2.05, 4.69) is 0 Å². The van der Waals surface area contributed by atoms with E-state index in [1.807, 2.05) is 13.8 Å². The van der Waals surface area contributed by atoms with Crippen LogP contribution in [-0.2, 0) is 14.3 Å². The Balaban J connectivity index is 3.23. The molecule has 0 spiro atoms. The first-order chi connectivity index (χ1) is 7.20. The van der Waals surface area contributed by atoms with Gasteiger partial charge in [0.1, 0.15) is 5.78 Å². The van der Waals surface area contributed by atoms with Crippen molar-refractivity contribution in [2.24, 2.45) is 0 Å². The highest BCUT2D eigenvalue weighted by molar-refractivity contribution is 5.77. The third-order valence-electron chi connectivity index (χ3n) is 2.20. The predicted molar refractivity (Wildman–Crippen MR) is 59.6 cm³/mol. The number of carbonyl (C=O) groups excluding carboxylic acids is 2. The van der Waals surface area contributed by atoms with Crippen LogP contribution in [0.2, 0.25) is 0 Å². The molecule has 3 nitrogen and oxygen atoms in total. The van der Waals surface area contributed by atoms with Crippen molar-refractivity contribution >= 4 is 11.8 Å². The summed E-state index contributed by atoms with van der Waals surface area (Å²) in [5.74, 6) is 0.197. The Morgan fingerprint density at radius 1 is 1.00 bits per heavy atom. The number of ether oxygens (including phenoxy) is 1. The smallest absolute Gasteiger partial charge is 0.305 e. The minimum atomic E-state index is -0.112. The van der Waals surface area contributed by atoms with E-state index in [9.17, 15) is 9.59 Å². The first-order valence-corrected chi connectivity index (χ1v) is 5.88. The molecule has 0 saturated carbocycles. The van der Waals surface area contributed by atoms with Crippen LogP contribution in [0.4, 0.5) is 0 Å². The summed E-state index contributed by atoms with van der Waals surface area (Å²) in [6, 6.07) is 0. The van der Waals surface area contributed by atoms with E-state index in [0.717, 1.165) is 25.7 Å². The molecule has 0 rings (SSSR count). The second kappa shape index (κ2) is 9.69. The van der Waals surface area contributed by atoms with Crippen molar-refractivity contribution in [2.75, 3.05) is 6.61 Å². The summed E-state index contributed by atoms with van der Waals surface area (Å²) in [6.07, 6.45) is 5.30. The lowest BCUT2D eigenvalue weighted by molar-refractivity contribution is -0.143. The molecule has 0 aromatic rings. The molecule has 0 radical (unpaired) electrons. The molecule has 0 unspecified atom stereocenters. The van der Waals surface area contributed by atoms with Crippen LogP contribution in [0.5, 0.6) is 0 Å². The van der Waals surface area contributed by atoms with Crippen LogP contribution in [0.15, 0.2) is 0 Å². The van der Waals surface area contributed by atoms with Crippen molar-refractivity contribution in [3.63, 3.8) is 0 Å². The second-order valence-electron chi connectivity index (χ2n) is 3.67. The maximum absolute atomic E-state index is 11.1. The predicted octanol–water partition coefficient (Wildman–Crippen LogP) is 2.87. The number of rotatable bonds is 9. The molecule has 0 aromatic carbocycles. The van der Waals surface area contributed by atoms with Gasteiger partial charge in [-0.15, -0.1) is 0 Å². The summed E-state index contributed by atoms with van der Waals surface area (Å²) < 4.78 is 4.93. The third-order valence-corrected chi connectivity index (χ3v) is 2.20. The maximum atomic E-state index is 11.1. The number of hydrogen-bond donors (Lipinski definition) is 0. The molecule has 0 aliphatic carbocycles. The Morgan fingerprint density at radius 2 is 1.67 bits per heavy atom. The summed E-state index contributed by atoms with van der Waals surface area (Å²) in [5, 5.41) is 0. The quantitative estimate of drug-likeness (QED) is 0.438. The molecule has 3 heteroatoms. The molecule has 0 atom stereocenters. The lowest BCUT2D eigenvalue weighted by atomic mass is 10.1. The lowest BCUT2D eigenvalue weighted by Crippen LogP contribution is -2.04. The molecular weight excluding hydrogens is 192 g/mol. The SMILES string of the molecule is CCCOC(=O)CCCCCC(=O)CC. The minimum Gasteiger partial charge on any atom is -0.466 e. The van der Waals surface area contributed by atoms with E-state index < -0.39 is 0 Å². The zero-order chi connectivity index (χ0) is 11.5. The Morgan fingerprint density at radius 3 is 2.27 bits per heavy atom. The maximum Gasteiger partial charge on any atom is 0.305 e. The number of unbranched alkanes of at least 4 members (excludes halogenated alkanes) is 2. The molecule has 0 heterocycles. The fourth-order valence-electron chi connectivity index (χ4n) is 1.23. The largest absolute Gasteiger partial charge is 0.466 e. The van der Waals surface area contributed by atoms with Crippen LogP contribution >= 0.6 is 0 Å². The normalized spacial score (nSPS) is 10.0. The zero-order valence-electron chi connectivity index (χ0n) is 9.88. The molecule has 0 fully saturated rings. The first kappa shape index (κ1) is 14.1. The van der Waals surface area contributed by atoms with Gasteiger partial charge < -0.3 is 4.74 Å². The van der Waals surface area contributed by atoms with Gasteiger partial charge in [0, 0.05) is 19.3 Å². The van der Waals surface area contributed by atoms with Crippen molar-refractivity contribution in [1.82, 2.24) is 0 Å². The van der Waals surface area contributed by atoms with Crippen molar-refractivity contribution in [3.8, 4) is 0 Å². The van der Waals surface area contributed by atoms with Crippen LogP contribution < -0.4 is 0 Å². The Bertz CT molecular complexity index is 187. The Labute approximate surface area is 92.2 Å². The van der Waals surface area contributed by atoms with Gasteiger partial charge in [-0.3, -0.25) is 9.59 Å². The van der Waals surface area contributed by atoms with E-state index in [1.165, 1.54) is 0 Å². The highest BCUT2D eigenvalue weighted by atomic mass is 16.5. The molecule has 0 aromatic heterocycles. The summed E-state index contributed by atoms with van der Waals surface area (Å²) in [7, 11) is 0. The fourth-order valence-corrected chi connectivity index (χ4v) is 1.23. The van der Waals surface area contributed by atoms with Crippen LogP contribution in [0.25, 0.3) is 0 Å². The molecule has 0 N–H and O–H groups in total.